The molecule has 0 bridgehead atoms. The summed E-state index contributed by atoms with van der Waals surface area (Å²) in [7, 11) is 0. The summed E-state index contributed by atoms with van der Waals surface area (Å²) in [5.74, 6) is 0. The van der Waals surface area contributed by atoms with Crippen LogP contribution in [0, 0.1) is 0 Å². The maximum atomic E-state index is 4.39. The number of hydrogen-bond acceptors (Lipinski definition) is 3. The molecule has 3 fully saturated rings. The Morgan fingerprint density at radius 2 is 2.10 bits per heavy atom. The van der Waals surface area contributed by atoms with E-state index in [1.54, 1.807) is 0 Å². The van der Waals surface area contributed by atoms with Crippen molar-refractivity contribution in [3.05, 3.63) is 18.2 Å². The lowest BCUT2D eigenvalue weighted by Gasteiger charge is -2.39. The number of likely N-dealkylation sites (tertiary alicyclic amines) is 1. The van der Waals surface area contributed by atoms with Crippen LogP contribution in [0.2, 0.25) is 0 Å². The molecule has 1 aliphatic carbocycles. The number of aromatic nitrogens is 2. The Labute approximate surface area is 121 Å². The van der Waals surface area contributed by atoms with Crippen LogP contribution in [0.3, 0.4) is 0 Å². The molecule has 1 aromatic rings. The fraction of sp³-hybridized carbons (Fsp3) is 0.812. The summed E-state index contributed by atoms with van der Waals surface area (Å²) in [6.45, 7) is 3.58. The maximum Gasteiger partial charge on any atom is 0.0951 e. The molecular weight excluding hydrogens is 248 g/mol. The molecule has 1 N–H and O–H groups in total. The average molecular weight is 274 g/mol. The maximum absolute atomic E-state index is 4.39. The highest BCUT2D eigenvalue weighted by atomic mass is 15.2. The van der Waals surface area contributed by atoms with E-state index in [1.807, 2.05) is 6.33 Å². The molecule has 110 valence electrons. The number of rotatable bonds is 4. The molecule has 4 rings (SSSR count). The van der Waals surface area contributed by atoms with E-state index in [0.29, 0.717) is 0 Å². The molecule has 3 aliphatic rings. The van der Waals surface area contributed by atoms with Crippen molar-refractivity contribution >= 4 is 0 Å². The van der Waals surface area contributed by atoms with Gasteiger partial charge < -0.3 is 9.88 Å². The first-order valence-corrected chi connectivity index (χ1v) is 8.40. The molecule has 20 heavy (non-hydrogen) atoms. The molecule has 0 radical (unpaired) electrons. The van der Waals surface area contributed by atoms with Crippen molar-refractivity contribution in [3.63, 3.8) is 0 Å². The van der Waals surface area contributed by atoms with E-state index in [-0.39, 0.29) is 0 Å². The zero-order chi connectivity index (χ0) is 13.4. The topological polar surface area (TPSA) is 33.1 Å². The minimum atomic E-state index is 0.729. The summed E-state index contributed by atoms with van der Waals surface area (Å²) in [5, 5.41) is 3.72. The molecule has 4 heteroatoms. The van der Waals surface area contributed by atoms with E-state index in [9.17, 15) is 0 Å². The molecule has 1 saturated carbocycles. The van der Waals surface area contributed by atoms with Crippen molar-refractivity contribution in [2.24, 2.45) is 0 Å². The summed E-state index contributed by atoms with van der Waals surface area (Å²) < 4.78 is 2.42. The van der Waals surface area contributed by atoms with Crippen LogP contribution >= 0.6 is 0 Å². The van der Waals surface area contributed by atoms with E-state index < -0.39 is 0 Å². The molecule has 2 saturated heterocycles. The first-order chi connectivity index (χ1) is 9.92. The van der Waals surface area contributed by atoms with Crippen molar-refractivity contribution in [3.8, 4) is 0 Å². The van der Waals surface area contributed by atoms with Gasteiger partial charge in [-0.05, 0) is 51.6 Å². The molecule has 2 atom stereocenters. The fourth-order valence-corrected chi connectivity index (χ4v) is 4.05. The molecule has 0 amide bonds. The number of nitrogens with zero attached hydrogens (tertiary/aromatic N) is 3. The van der Waals surface area contributed by atoms with E-state index in [1.165, 1.54) is 63.7 Å². The molecular formula is C16H26N4. The predicted octanol–water partition coefficient (Wildman–Crippen LogP) is 2.32. The zero-order valence-corrected chi connectivity index (χ0v) is 12.3. The minimum absolute atomic E-state index is 0.729. The second-order valence-corrected chi connectivity index (χ2v) is 6.76. The van der Waals surface area contributed by atoms with E-state index in [2.05, 4.69) is 26.0 Å². The van der Waals surface area contributed by atoms with Crippen molar-refractivity contribution in [1.82, 2.24) is 19.8 Å². The Morgan fingerprint density at radius 3 is 2.90 bits per heavy atom. The number of hydrogen-bond donors (Lipinski definition) is 1. The molecule has 1 aromatic heterocycles. The first-order valence-electron chi connectivity index (χ1n) is 8.40. The largest absolute Gasteiger partial charge is 0.330 e. The third kappa shape index (κ3) is 2.51. The SMILES string of the molecule is c1ncn(C2CC2)c1CN1CCCCC1C1CCCN1. The molecule has 0 aromatic carbocycles. The second kappa shape index (κ2) is 5.49. The van der Waals surface area contributed by atoms with Gasteiger partial charge in [0, 0.05) is 30.9 Å². The van der Waals surface area contributed by atoms with Gasteiger partial charge in [0.2, 0.25) is 0 Å². The van der Waals surface area contributed by atoms with Crippen LogP contribution in [0.25, 0.3) is 0 Å². The van der Waals surface area contributed by atoms with Crippen molar-refractivity contribution < 1.29 is 0 Å². The monoisotopic (exact) mass is 274 g/mol. The standard InChI is InChI=1S/C16H26N4/c1-2-9-19(16(5-1)15-4-3-8-18-15)11-14-10-17-12-20(14)13-6-7-13/h10,12-13,15-16,18H,1-9,11H2. The zero-order valence-electron chi connectivity index (χ0n) is 12.3. The molecule has 2 unspecified atom stereocenters. The molecule has 0 spiro atoms. The van der Waals surface area contributed by atoms with E-state index >= 15 is 0 Å². The summed E-state index contributed by atoms with van der Waals surface area (Å²) >= 11 is 0. The Morgan fingerprint density at radius 1 is 1.15 bits per heavy atom. The van der Waals surface area contributed by atoms with Gasteiger partial charge in [-0.2, -0.15) is 0 Å². The quantitative estimate of drug-likeness (QED) is 0.915. The molecule has 2 aliphatic heterocycles. The number of nitrogens with one attached hydrogen (secondary N) is 1. The Kier molecular flexibility index (Phi) is 3.52. The highest BCUT2D eigenvalue weighted by Gasteiger charge is 2.33. The van der Waals surface area contributed by atoms with E-state index in [0.717, 1.165) is 24.7 Å². The Balaban J connectivity index is 1.48. The van der Waals surface area contributed by atoms with Crippen molar-refractivity contribution in [2.45, 2.75) is 69.6 Å². The summed E-state index contributed by atoms with van der Waals surface area (Å²) in [4.78, 5) is 7.12. The van der Waals surface area contributed by atoms with Gasteiger partial charge in [-0.15, -0.1) is 0 Å². The Hall–Kier alpha value is -0.870. The third-order valence-electron chi connectivity index (χ3n) is 5.28. The molecule has 4 nitrogen and oxygen atoms in total. The smallest absolute Gasteiger partial charge is 0.0951 e. The van der Waals surface area contributed by atoms with Crippen LogP contribution in [0.5, 0.6) is 0 Å². The van der Waals surface area contributed by atoms with Gasteiger partial charge in [0.05, 0.1) is 12.0 Å². The Bertz CT molecular complexity index is 445. The highest BCUT2D eigenvalue weighted by Crippen LogP contribution is 2.36. The minimum Gasteiger partial charge on any atom is -0.330 e. The van der Waals surface area contributed by atoms with Crippen LogP contribution in [0.4, 0.5) is 0 Å². The van der Waals surface area contributed by atoms with Gasteiger partial charge in [-0.25, -0.2) is 4.98 Å². The van der Waals surface area contributed by atoms with Crippen LogP contribution < -0.4 is 5.32 Å². The van der Waals surface area contributed by atoms with Gasteiger partial charge in [0.25, 0.3) is 0 Å². The average Bonchev–Trinajstić information content (AvgIpc) is 3.00. The number of piperidine rings is 1. The summed E-state index contributed by atoms with van der Waals surface area (Å²) in [5.41, 5.74) is 1.43. The summed E-state index contributed by atoms with van der Waals surface area (Å²) in [6, 6.07) is 2.22. The van der Waals surface area contributed by atoms with Gasteiger partial charge in [0.1, 0.15) is 0 Å². The highest BCUT2D eigenvalue weighted by molar-refractivity contribution is 5.05. The van der Waals surface area contributed by atoms with Gasteiger partial charge >= 0.3 is 0 Å². The lowest BCUT2D eigenvalue weighted by atomic mass is 9.94. The fourth-order valence-electron chi connectivity index (χ4n) is 4.05. The normalized spacial score (nSPS) is 31.8. The van der Waals surface area contributed by atoms with Crippen LogP contribution in [0.15, 0.2) is 12.5 Å². The van der Waals surface area contributed by atoms with Gasteiger partial charge in [0.15, 0.2) is 0 Å². The number of imidazole rings is 1. The van der Waals surface area contributed by atoms with Crippen molar-refractivity contribution in [1.29, 1.82) is 0 Å². The van der Waals surface area contributed by atoms with Crippen LogP contribution in [-0.4, -0.2) is 39.6 Å². The van der Waals surface area contributed by atoms with Gasteiger partial charge in [-0.3, -0.25) is 4.90 Å². The second-order valence-electron chi connectivity index (χ2n) is 6.76. The van der Waals surface area contributed by atoms with Crippen LogP contribution in [0.1, 0.15) is 56.7 Å². The van der Waals surface area contributed by atoms with Crippen LogP contribution in [-0.2, 0) is 6.54 Å². The first kappa shape index (κ1) is 12.8. The lowest BCUT2D eigenvalue weighted by Crippen LogP contribution is -2.49. The third-order valence-corrected chi connectivity index (χ3v) is 5.28. The molecule has 3 heterocycles. The predicted molar refractivity (Wildman–Crippen MR) is 79.6 cm³/mol. The summed E-state index contributed by atoms with van der Waals surface area (Å²) in [6.07, 6.45) is 13.7. The van der Waals surface area contributed by atoms with E-state index in [4.69, 9.17) is 0 Å². The lowest BCUT2D eigenvalue weighted by molar-refractivity contribution is 0.109. The van der Waals surface area contributed by atoms with Gasteiger partial charge in [-0.1, -0.05) is 6.42 Å². The van der Waals surface area contributed by atoms with Crippen molar-refractivity contribution in [2.75, 3.05) is 13.1 Å².